The summed E-state index contributed by atoms with van der Waals surface area (Å²) in [5, 5.41) is 8.57. The van der Waals surface area contributed by atoms with Crippen molar-refractivity contribution in [1.29, 1.82) is 0 Å². The number of benzene rings is 2. The van der Waals surface area contributed by atoms with E-state index >= 15 is 0 Å². The van der Waals surface area contributed by atoms with Gasteiger partial charge in [-0.25, -0.2) is 0 Å². The number of aromatic nitrogens is 2. The van der Waals surface area contributed by atoms with Crippen LogP contribution < -0.4 is 9.80 Å². The summed E-state index contributed by atoms with van der Waals surface area (Å²) < 4.78 is 0. The third-order valence-electron chi connectivity index (χ3n) is 4.96. The fourth-order valence-corrected chi connectivity index (χ4v) is 3.67. The predicted molar refractivity (Wildman–Crippen MR) is 108 cm³/mol. The molecule has 1 aromatic heterocycles. The molecule has 4 rings (SSSR count). The first-order valence-electron chi connectivity index (χ1n) is 9.27. The van der Waals surface area contributed by atoms with Crippen LogP contribution in [-0.2, 0) is 6.42 Å². The highest BCUT2D eigenvalue weighted by atomic mass is 16.2. The maximum Gasteiger partial charge on any atom is 0.279 e. The van der Waals surface area contributed by atoms with Crippen LogP contribution in [0.25, 0.3) is 0 Å². The summed E-state index contributed by atoms with van der Waals surface area (Å²) in [4.78, 5) is 16.9. The Morgan fingerprint density at radius 3 is 2.48 bits per heavy atom. The molecule has 2 heterocycles. The lowest BCUT2D eigenvalue weighted by Gasteiger charge is -2.23. The monoisotopic (exact) mass is 358 g/mol. The molecule has 1 aliphatic rings. The Kier molecular flexibility index (Phi) is 4.59. The Balaban J connectivity index is 1.60. The highest BCUT2D eigenvalue weighted by Gasteiger charge is 2.32. The number of fused-ring (bicyclic) bond motifs is 1. The van der Waals surface area contributed by atoms with E-state index in [1.807, 2.05) is 59.5 Å². The number of para-hydroxylation sites is 2. The first-order chi connectivity index (χ1) is 13.2. The van der Waals surface area contributed by atoms with Gasteiger partial charge in [0, 0.05) is 24.0 Å². The van der Waals surface area contributed by atoms with Crippen LogP contribution in [0.2, 0.25) is 0 Å². The molecule has 0 saturated heterocycles. The highest BCUT2D eigenvalue weighted by Crippen LogP contribution is 2.33. The van der Waals surface area contributed by atoms with Crippen molar-refractivity contribution < 1.29 is 4.79 Å². The van der Waals surface area contributed by atoms with Gasteiger partial charge in [-0.05, 0) is 56.2 Å². The topological polar surface area (TPSA) is 49.3 Å². The zero-order valence-electron chi connectivity index (χ0n) is 15.5. The van der Waals surface area contributed by atoms with Crippen LogP contribution in [0.1, 0.15) is 29.9 Å². The van der Waals surface area contributed by atoms with Gasteiger partial charge in [0.1, 0.15) is 0 Å². The average molecular weight is 358 g/mol. The summed E-state index contributed by atoms with van der Waals surface area (Å²) in [5.74, 6) is 0.629. The third kappa shape index (κ3) is 3.16. The Morgan fingerprint density at radius 2 is 1.78 bits per heavy atom. The van der Waals surface area contributed by atoms with Crippen LogP contribution in [-0.4, -0.2) is 28.7 Å². The van der Waals surface area contributed by atoms with Crippen molar-refractivity contribution in [1.82, 2.24) is 10.2 Å². The van der Waals surface area contributed by atoms with Crippen LogP contribution in [0.5, 0.6) is 0 Å². The maximum atomic E-state index is 13.1. The second-order valence-electron chi connectivity index (χ2n) is 6.71. The van der Waals surface area contributed by atoms with Gasteiger partial charge in [-0.1, -0.05) is 36.4 Å². The molecule has 0 radical (unpaired) electrons. The third-order valence-corrected chi connectivity index (χ3v) is 4.96. The van der Waals surface area contributed by atoms with Crippen molar-refractivity contribution in [2.75, 3.05) is 16.3 Å². The van der Waals surface area contributed by atoms with Gasteiger partial charge >= 0.3 is 0 Å². The molecule has 0 N–H and O–H groups in total. The average Bonchev–Trinajstić information content (AvgIpc) is 3.05. The molecule has 2 aromatic carbocycles. The molecule has 5 nitrogen and oxygen atoms in total. The second kappa shape index (κ2) is 7.19. The normalized spacial score (nSPS) is 15.5. The zero-order chi connectivity index (χ0) is 18.8. The van der Waals surface area contributed by atoms with Crippen molar-refractivity contribution in [2.24, 2.45) is 0 Å². The molecule has 0 fully saturated rings. The lowest BCUT2D eigenvalue weighted by Crippen LogP contribution is -2.36. The van der Waals surface area contributed by atoms with Crippen molar-refractivity contribution in [2.45, 2.75) is 26.3 Å². The number of hydrogen-bond acceptors (Lipinski definition) is 4. The smallest absolute Gasteiger partial charge is 0.279 e. The second-order valence-corrected chi connectivity index (χ2v) is 6.71. The van der Waals surface area contributed by atoms with Gasteiger partial charge in [0.2, 0.25) is 0 Å². The fraction of sp³-hybridized carbons (Fsp3) is 0.227. The van der Waals surface area contributed by atoms with Crippen molar-refractivity contribution in [3.8, 4) is 0 Å². The molecule has 27 heavy (non-hydrogen) atoms. The number of anilines is 3. The molecule has 0 aliphatic carbocycles. The van der Waals surface area contributed by atoms with E-state index in [-0.39, 0.29) is 11.9 Å². The summed E-state index contributed by atoms with van der Waals surface area (Å²) in [6.07, 6.45) is 0.866. The van der Waals surface area contributed by atoms with Crippen molar-refractivity contribution >= 4 is 23.1 Å². The Hall–Kier alpha value is -3.21. The van der Waals surface area contributed by atoms with Gasteiger partial charge in [-0.15, -0.1) is 10.2 Å². The molecule has 1 aliphatic heterocycles. The molecule has 1 amide bonds. The van der Waals surface area contributed by atoms with Gasteiger partial charge in [0.05, 0.1) is 0 Å². The SMILES string of the molecule is CCN(c1ccccc1)c1ccc(C(=O)N2c3ccccc3CC2C)nn1. The molecule has 136 valence electrons. The number of carbonyl (C=O) groups is 1. The van der Waals surface area contributed by atoms with Crippen LogP contribution in [0, 0.1) is 0 Å². The van der Waals surface area contributed by atoms with Crippen molar-refractivity contribution in [3.05, 3.63) is 78.0 Å². The Labute approximate surface area is 159 Å². The number of carbonyl (C=O) groups excluding carboxylic acids is 1. The quantitative estimate of drug-likeness (QED) is 0.700. The van der Waals surface area contributed by atoms with Crippen LogP contribution in [0.4, 0.5) is 17.2 Å². The minimum atomic E-state index is -0.103. The number of nitrogens with zero attached hydrogens (tertiary/aromatic N) is 4. The lowest BCUT2D eigenvalue weighted by molar-refractivity contribution is 0.0975. The molecule has 3 aromatic rings. The maximum absolute atomic E-state index is 13.1. The number of rotatable bonds is 4. The van der Waals surface area contributed by atoms with E-state index in [0.717, 1.165) is 30.2 Å². The molecule has 1 atom stereocenters. The number of hydrogen-bond donors (Lipinski definition) is 0. The van der Waals surface area contributed by atoms with Crippen molar-refractivity contribution in [3.63, 3.8) is 0 Å². The molecule has 1 unspecified atom stereocenters. The van der Waals surface area contributed by atoms with Crippen LogP contribution in [0.3, 0.4) is 0 Å². The van der Waals surface area contributed by atoms with Gasteiger partial charge in [0.25, 0.3) is 5.91 Å². The van der Waals surface area contributed by atoms with Crippen LogP contribution in [0.15, 0.2) is 66.7 Å². The van der Waals surface area contributed by atoms with E-state index in [2.05, 4.69) is 35.0 Å². The lowest BCUT2D eigenvalue weighted by atomic mass is 10.1. The van der Waals surface area contributed by atoms with Gasteiger partial charge < -0.3 is 9.80 Å². The Morgan fingerprint density at radius 1 is 1.04 bits per heavy atom. The molecule has 0 bridgehead atoms. The summed E-state index contributed by atoms with van der Waals surface area (Å²) >= 11 is 0. The standard InChI is InChI=1S/C22H22N4O/c1-3-25(18-10-5-4-6-11-18)21-14-13-19(23-24-21)22(27)26-16(2)15-17-9-7-8-12-20(17)26/h4-14,16H,3,15H2,1-2H3. The van der Waals surface area contributed by atoms with E-state index < -0.39 is 0 Å². The summed E-state index contributed by atoms with van der Waals surface area (Å²) in [7, 11) is 0. The fourth-order valence-electron chi connectivity index (χ4n) is 3.67. The van der Waals surface area contributed by atoms with Gasteiger partial charge in [-0.3, -0.25) is 4.79 Å². The molecule has 0 spiro atoms. The summed E-state index contributed by atoms with van der Waals surface area (Å²) in [6.45, 7) is 4.90. The first-order valence-corrected chi connectivity index (χ1v) is 9.27. The number of amides is 1. The van der Waals surface area contributed by atoms with E-state index in [9.17, 15) is 4.79 Å². The van der Waals surface area contributed by atoms with E-state index in [1.165, 1.54) is 5.56 Å². The Bertz CT molecular complexity index is 940. The molecule has 0 saturated carbocycles. The highest BCUT2D eigenvalue weighted by molar-refractivity contribution is 6.06. The minimum Gasteiger partial charge on any atom is -0.325 e. The van der Waals surface area contributed by atoms with Gasteiger partial charge in [0.15, 0.2) is 11.5 Å². The van der Waals surface area contributed by atoms with E-state index in [4.69, 9.17) is 0 Å². The summed E-state index contributed by atoms with van der Waals surface area (Å²) in [5.41, 5.74) is 3.59. The summed E-state index contributed by atoms with van der Waals surface area (Å²) in [6, 6.07) is 21.8. The minimum absolute atomic E-state index is 0.103. The zero-order valence-corrected chi connectivity index (χ0v) is 15.5. The molecular formula is C22H22N4O. The molecule has 5 heteroatoms. The predicted octanol–water partition coefficient (Wildman–Crippen LogP) is 4.23. The molecular weight excluding hydrogens is 336 g/mol. The largest absolute Gasteiger partial charge is 0.325 e. The van der Waals surface area contributed by atoms with E-state index in [1.54, 1.807) is 6.07 Å². The van der Waals surface area contributed by atoms with E-state index in [0.29, 0.717) is 5.69 Å². The van der Waals surface area contributed by atoms with Crippen LogP contribution >= 0.6 is 0 Å². The first kappa shape index (κ1) is 17.2. The van der Waals surface area contributed by atoms with Gasteiger partial charge in [-0.2, -0.15) is 0 Å².